The van der Waals surface area contributed by atoms with Crippen molar-refractivity contribution in [1.82, 2.24) is 0 Å². The third-order valence-electron chi connectivity index (χ3n) is 2.14. The van der Waals surface area contributed by atoms with Gasteiger partial charge in [0, 0.05) is 0 Å². The highest BCUT2D eigenvalue weighted by molar-refractivity contribution is 7.89. The Balaban J connectivity index is 2.49. The van der Waals surface area contributed by atoms with Crippen LogP contribution < -0.4 is 15.2 Å². The quantitative estimate of drug-likeness (QED) is 0.727. The van der Waals surface area contributed by atoms with Crippen molar-refractivity contribution in [2.75, 3.05) is 11.9 Å². The molecular formula is C9H10N2O4S. The van der Waals surface area contributed by atoms with E-state index in [2.05, 4.69) is 5.32 Å². The van der Waals surface area contributed by atoms with Crippen molar-refractivity contribution in [3.05, 3.63) is 18.2 Å². The lowest BCUT2D eigenvalue weighted by Gasteiger charge is -2.07. The number of hydrogen-bond donors (Lipinski definition) is 2. The SMILES string of the molecule is NS(=O)(=O)c1ccc2c(c1)NC(=O)CCO2. The number of carbonyl (C=O) groups excluding carboxylic acids is 1. The first-order chi connectivity index (χ1) is 7.47. The lowest BCUT2D eigenvalue weighted by Crippen LogP contribution is -2.13. The number of sulfonamides is 1. The first kappa shape index (κ1) is 10.9. The number of carbonyl (C=O) groups is 1. The van der Waals surface area contributed by atoms with Crippen molar-refractivity contribution in [1.29, 1.82) is 0 Å². The van der Waals surface area contributed by atoms with Crippen molar-refractivity contribution < 1.29 is 17.9 Å². The van der Waals surface area contributed by atoms with E-state index in [4.69, 9.17) is 9.88 Å². The molecule has 0 saturated heterocycles. The van der Waals surface area contributed by atoms with Gasteiger partial charge in [0.05, 0.1) is 23.6 Å². The van der Waals surface area contributed by atoms with Crippen LogP contribution in [0.2, 0.25) is 0 Å². The summed E-state index contributed by atoms with van der Waals surface area (Å²) in [5.41, 5.74) is 0.328. The monoisotopic (exact) mass is 242 g/mol. The molecule has 1 aromatic rings. The Labute approximate surface area is 92.4 Å². The van der Waals surface area contributed by atoms with E-state index in [1.807, 2.05) is 0 Å². The minimum absolute atomic E-state index is 0.0583. The third-order valence-corrected chi connectivity index (χ3v) is 3.05. The summed E-state index contributed by atoms with van der Waals surface area (Å²) >= 11 is 0. The van der Waals surface area contributed by atoms with Crippen LogP contribution in [0.25, 0.3) is 0 Å². The van der Waals surface area contributed by atoms with Gasteiger partial charge in [-0.05, 0) is 18.2 Å². The number of fused-ring (bicyclic) bond motifs is 1. The summed E-state index contributed by atoms with van der Waals surface area (Å²) in [4.78, 5) is 11.2. The van der Waals surface area contributed by atoms with E-state index in [1.165, 1.54) is 18.2 Å². The summed E-state index contributed by atoms with van der Waals surface area (Å²) in [6, 6.07) is 4.10. The number of rotatable bonds is 1. The molecule has 1 aliphatic heterocycles. The molecule has 7 heteroatoms. The van der Waals surface area contributed by atoms with E-state index >= 15 is 0 Å². The lowest BCUT2D eigenvalue weighted by atomic mass is 10.3. The van der Waals surface area contributed by atoms with E-state index in [1.54, 1.807) is 0 Å². The number of benzene rings is 1. The normalized spacial score (nSPS) is 15.7. The number of nitrogens with one attached hydrogen (secondary N) is 1. The Morgan fingerprint density at radius 3 is 2.81 bits per heavy atom. The molecule has 2 rings (SSSR count). The van der Waals surface area contributed by atoms with Crippen molar-refractivity contribution >= 4 is 21.6 Å². The van der Waals surface area contributed by atoms with Crippen molar-refractivity contribution in [2.24, 2.45) is 5.14 Å². The van der Waals surface area contributed by atoms with Crippen molar-refractivity contribution in [3.63, 3.8) is 0 Å². The van der Waals surface area contributed by atoms with Crippen LogP contribution >= 0.6 is 0 Å². The van der Waals surface area contributed by atoms with Crippen LogP contribution in [0.1, 0.15) is 6.42 Å². The topological polar surface area (TPSA) is 98.5 Å². The molecule has 86 valence electrons. The molecule has 0 aliphatic carbocycles. The second-order valence-electron chi connectivity index (χ2n) is 3.35. The van der Waals surface area contributed by atoms with Gasteiger partial charge in [0.15, 0.2) is 0 Å². The van der Waals surface area contributed by atoms with Gasteiger partial charge >= 0.3 is 0 Å². The molecule has 0 atom stereocenters. The molecular weight excluding hydrogens is 232 g/mol. The van der Waals surface area contributed by atoms with E-state index in [-0.39, 0.29) is 23.8 Å². The van der Waals surface area contributed by atoms with Gasteiger partial charge in [-0.25, -0.2) is 13.6 Å². The molecule has 1 amide bonds. The Hall–Kier alpha value is -1.60. The average Bonchev–Trinajstić information content (AvgIpc) is 2.35. The molecule has 1 aromatic carbocycles. The van der Waals surface area contributed by atoms with Gasteiger partial charge in [0.1, 0.15) is 5.75 Å². The number of amides is 1. The molecule has 1 heterocycles. The van der Waals surface area contributed by atoms with Gasteiger partial charge in [-0.1, -0.05) is 0 Å². The van der Waals surface area contributed by atoms with Gasteiger partial charge in [-0.2, -0.15) is 0 Å². The maximum absolute atomic E-state index is 11.2. The molecule has 0 unspecified atom stereocenters. The zero-order valence-electron chi connectivity index (χ0n) is 8.26. The molecule has 0 spiro atoms. The first-order valence-corrected chi connectivity index (χ1v) is 6.11. The minimum Gasteiger partial charge on any atom is -0.491 e. The highest BCUT2D eigenvalue weighted by Crippen LogP contribution is 2.29. The summed E-state index contributed by atoms with van der Waals surface area (Å²) in [7, 11) is -3.77. The molecule has 16 heavy (non-hydrogen) atoms. The zero-order chi connectivity index (χ0) is 11.8. The fourth-order valence-corrected chi connectivity index (χ4v) is 1.92. The average molecular weight is 242 g/mol. The molecule has 0 bridgehead atoms. The fraction of sp³-hybridized carbons (Fsp3) is 0.222. The van der Waals surface area contributed by atoms with Crippen LogP contribution in [0.5, 0.6) is 5.75 Å². The Morgan fingerprint density at radius 1 is 1.38 bits per heavy atom. The molecule has 0 fully saturated rings. The lowest BCUT2D eigenvalue weighted by molar-refractivity contribution is -0.116. The molecule has 0 saturated carbocycles. The minimum atomic E-state index is -3.77. The van der Waals surface area contributed by atoms with E-state index in [0.717, 1.165) is 0 Å². The number of hydrogen-bond acceptors (Lipinski definition) is 4. The highest BCUT2D eigenvalue weighted by Gasteiger charge is 2.17. The number of ether oxygens (including phenoxy) is 1. The third kappa shape index (κ3) is 2.15. The largest absolute Gasteiger partial charge is 0.491 e. The predicted molar refractivity (Wildman–Crippen MR) is 56.6 cm³/mol. The number of primary sulfonamides is 1. The van der Waals surface area contributed by atoms with E-state index in [9.17, 15) is 13.2 Å². The van der Waals surface area contributed by atoms with Gasteiger partial charge < -0.3 is 10.1 Å². The maximum atomic E-state index is 11.2. The smallest absolute Gasteiger partial charge is 0.238 e. The molecule has 1 aliphatic rings. The maximum Gasteiger partial charge on any atom is 0.238 e. The van der Waals surface area contributed by atoms with E-state index in [0.29, 0.717) is 11.4 Å². The van der Waals surface area contributed by atoms with Crippen molar-refractivity contribution in [3.8, 4) is 5.75 Å². The molecule has 0 aromatic heterocycles. The van der Waals surface area contributed by atoms with Crippen LogP contribution in [-0.2, 0) is 14.8 Å². The predicted octanol–water partition coefficient (Wildman–Crippen LogP) is 0.0550. The Morgan fingerprint density at radius 2 is 2.12 bits per heavy atom. The van der Waals surface area contributed by atoms with Crippen LogP contribution in [0.4, 0.5) is 5.69 Å². The standard InChI is InChI=1S/C9H10N2O4S/c10-16(13,14)6-1-2-8-7(5-6)11-9(12)3-4-15-8/h1-2,5H,3-4H2,(H,11,12)(H2,10,13,14). The Bertz CT molecular complexity index is 538. The molecule has 3 N–H and O–H groups in total. The van der Waals surface area contributed by atoms with Crippen LogP contribution in [0, 0.1) is 0 Å². The number of nitrogens with two attached hydrogens (primary N) is 1. The summed E-state index contributed by atoms with van der Waals surface area (Å²) in [6.07, 6.45) is 0.236. The summed E-state index contributed by atoms with van der Waals surface area (Å²) < 4.78 is 27.5. The van der Waals surface area contributed by atoms with Crippen LogP contribution in [0.15, 0.2) is 23.1 Å². The second kappa shape index (κ2) is 3.76. The van der Waals surface area contributed by atoms with Crippen LogP contribution in [0.3, 0.4) is 0 Å². The van der Waals surface area contributed by atoms with Gasteiger partial charge in [0.2, 0.25) is 15.9 Å². The second-order valence-corrected chi connectivity index (χ2v) is 4.91. The highest BCUT2D eigenvalue weighted by atomic mass is 32.2. The fourth-order valence-electron chi connectivity index (χ4n) is 1.38. The van der Waals surface area contributed by atoms with Crippen molar-refractivity contribution in [2.45, 2.75) is 11.3 Å². The summed E-state index contributed by atoms with van der Waals surface area (Å²) in [5, 5.41) is 7.53. The van der Waals surface area contributed by atoms with Crippen LogP contribution in [-0.4, -0.2) is 20.9 Å². The van der Waals surface area contributed by atoms with Gasteiger partial charge in [-0.3, -0.25) is 4.79 Å². The van der Waals surface area contributed by atoms with E-state index < -0.39 is 10.0 Å². The zero-order valence-corrected chi connectivity index (χ0v) is 9.08. The Kier molecular flexibility index (Phi) is 2.56. The molecule has 0 radical (unpaired) electrons. The van der Waals surface area contributed by atoms with Gasteiger partial charge in [0.25, 0.3) is 0 Å². The molecule has 6 nitrogen and oxygen atoms in total. The summed E-state index contributed by atoms with van der Waals surface area (Å²) in [6.45, 7) is 0.271. The first-order valence-electron chi connectivity index (χ1n) is 4.56. The van der Waals surface area contributed by atoms with Gasteiger partial charge in [-0.15, -0.1) is 0 Å². The number of anilines is 1. The summed E-state index contributed by atoms with van der Waals surface area (Å²) in [5.74, 6) is 0.226.